The number of fused-ring (bicyclic) bond motifs is 2. The summed E-state index contributed by atoms with van der Waals surface area (Å²) >= 11 is 0. The molecule has 1 N–H and O–H groups in total. The maximum absolute atomic E-state index is 12.9. The van der Waals surface area contributed by atoms with E-state index in [4.69, 9.17) is 4.74 Å². The monoisotopic (exact) mass is 405 g/mol. The summed E-state index contributed by atoms with van der Waals surface area (Å²) in [5.74, 6) is -0.842. The van der Waals surface area contributed by atoms with Crippen LogP contribution in [0.25, 0.3) is 16.6 Å². The molecule has 0 saturated heterocycles. The molecule has 0 aliphatic carbocycles. The summed E-state index contributed by atoms with van der Waals surface area (Å²) in [5.41, 5.74) is 2.83. The van der Waals surface area contributed by atoms with Gasteiger partial charge in [0.1, 0.15) is 5.75 Å². The van der Waals surface area contributed by atoms with Crippen molar-refractivity contribution in [3.8, 4) is 11.4 Å². The first-order valence-electron chi connectivity index (χ1n) is 10.4. The predicted octanol–water partition coefficient (Wildman–Crippen LogP) is 4.92. The highest BCUT2D eigenvalue weighted by molar-refractivity contribution is 5.83. The van der Waals surface area contributed by atoms with Crippen LogP contribution in [-0.2, 0) is 11.2 Å². The standard InChI is InChI=1S/C25H27NO4/c1-25(2,3)15-19(24(28)29)21-14-22(27)18-8-4-5-9-20(18)26(21)17-10-11-23-16(13-17)7-6-12-30-23/h4-5,8-11,13-14,19H,6-7,12,15H2,1-3H3,(H,28,29). The van der Waals surface area contributed by atoms with Crippen LogP contribution in [-0.4, -0.2) is 22.2 Å². The maximum atomic E-state index is 12.9. The molecular formula is C25H27NO4. The van der Waals surface area contributed by atoms with Gasteiger partial charge in [-0.1, -0.05) is 32.9 Å². The van der Waals surface area contributed by atoms with E-state index in [1.807, 2.05) is 55.7 Å². The zero-order chi connectivity index (χ0) is 21.5. The van der Waals surface area contributed by atoms with Crippen LogP contribution in [0.5, 0.6) is 5.75 Å². The molecular weight excluding hydrogens is 378 g/mol. The van der Waals surface area contributed by atoms with Crippen LogP contribution in [0.1, 0.15) is 50.8 Å². The van der Waals surface area contributed by atoms with E-state index in [-0.39, 0.29) is 10.8 Å². The van der Waals surface area contributed by atoms with Gasteiger partial charge in [0.05, 0.1) is 18.0 Å². The fourth-order valence-corrected chi connectivity index (χ4v) is 4.25. The maximum Gasteiger partial charge on any atom is 0.312 e. The number of pyridine rings is 1. The molecule has 0 spiro atoms. The molecule has 4 rings (SSSR count). The Hall–Kier alpha value is -3.08. The minimum absolute atomic E-state index is 0.154. The molecule has 2 aromatic carbocycles. The zero-order valence-corrected chi connectivity index (χ0v) is 17.6. The van der Waals surface area contributed by atoms with E-state index in [0.717, 1.165) is 35.4 Å². The minimum Gasteiger partial charge on any atom is -0.493 e. The van der Waals surface area contributed by atoms with Crippen molar-refractivity contribution in [2.75, 3.05) is 6.61 Å². The van der Waals surface area contributed by atoms with Gasteiger partial charge in [-0.3, -0.25) is 9.59 Å². The Labute approximate surface area is 175 Å². The summed E-state index contributed by atoms with van der Waals surface area (Å²) in [5, 5.41) is 10.7. The number of para-hydroxylation sites is 1. The summed E-state index contributed by atoms with van der Waals surface area (Å²) in [6.07, 6.45) is 2.30. The Morgan fingerprint density at radius 3 is 2.67 bits per heavy atom. The van der Waals surface area contributed by atoms with Crippen molar-refractivity contribution in [2.45, 2.75) is 46.0 Å². The van der Waals surface area contributed by atoms with E-state index in [2.05, 4.69) is 6.07 Å². The first kappa shape index (κ1) is 20.2. The number of hydrogen-bond donors (Lipinski definition) is 1. The highest BCUT2D eigenvalue weighted by atomic mass is 16.5. The predicted molar refractivity (Wildman–Crippen MR) is 118 cm³/mol. The second-order valence-corrected chi connectivity index (χ2v) is 9.19. The second-order valence-electron chi connectivity index (χ2n) is 9.19. The number of ether oxygens (including phenoxy) is 1. The van der Waals surface area contributed by atoms with Crippen LogP contribution in [0.2, 0.25) is 0 Å². The normalized spacial score (nSPS) is 14.8. The number of carbonyl (C=O) groups is 1. The molecule has 0 saturated carbocycles. The average molecular weight is 405 g/mol. The van der Waals surface area contributed by atoms with Gasteiger partial charge < -0.3 is 14.4 Å². The van der Waals surface area contributed by atoms with Gasteiger partial charge in [0.15, 0.2) is 5.43 Å². The summed E-state index contributed by atoms with van der Waals surface area (Å²) < 4.78 is 7.69. The number of aryl methyl sites for hydroxylation is 1. The van der Waals surface area contributed by atoms with Gasteiger partial charge in [0.25, 0.3) is 0 Å². The molecule has 0 fully saturated rings. The van der Waals surface area contributed by atoms with Crippen LogP contribution in [0.15, 0.2) is 53.3 Å². The highest BCUT2D eigenvalue weighted by Gasteiger charge is 2.30. The summed E-state index contributed by atoms with van der Waals surface area (Å²) in [6.45, 7) is 6.76. The Bertz CT molecular complexity index is 1170. The number of nitrogens with zero attached hydrogens (tertiary/aromatic N) is 1. The molecule has 1 atom stereocenters. The molecule has 0 amide bonds. The second kappa shape index (κ2) is 7.63. The van der Waals surface area contributed by atoms with Gasteiger partial charge in [-0.2, -0.15) is 0 Å². The van der Waals surface area contributed by atoms with E-state index >= 15 is 0 Å². The number of hydrogen-bond acceptors (Lipinski definition) is 3. The topological polar surface area (TPSA) is 68.5 Å². The van der Waals surface area contributed by atoms with Gasteiger partial charge in [0.2, 0.25) is 0 Å². The number of carboxylic acid groups (broad SMARTS) is 1. The van der Waals surface area contributed by atoms with Crippen molar-refractivity contribution in [3.63, 3.8) is 0 Å². The van der Waals surface area contributed by atoms with Crippen molar-refractivity contribution < 1.29 is 14.6 Å². The van der Waals surface area contributed by atoms with E-state index in [0.29, 0.717) is 24.1 Å². The van der Waals surface area contributed by atoms with Gasteiger partial charge in [-0.15, -0.1) is 0 Å². The molecule has 3 aromatic rings. The fraction of sp³-hybridized carbons (Fsp3) is 0.360. The largest absolute Gasteiger partial charge is 0.493 e. The molecule has 0 radical (unpaired) electrons. The number of benzene rings is 2. The van der Waals surface area contributed by atoms with E-state index in [9.17, 15) is 14.7 Å². The highest BCUT2D eigenvalue weighted by Crippen LogP contribution is 2.35. The third-order valence-corrected chi connectivity index (χ3v) is 5.57. The van der Waals surface area contributed by atoms with Gasteiger partial charge >= 0.3 is 5.97 Å². The van der Waals surface area contributed by atoms with Crippen molar-refractivity contribution in [1.29, 1.82) is 0 Å². The van der Waals surface area contributed by atoms with Crippen molar-refractivity contribution >= 4 is 16.9 Å². The first-order valence-corrected chi connectivity index (χ1v) is 10.4. The van der Waals surface area contributed by atoms with E-state index < -0.39 is 11.9 Å². The van der Waals surface area contributed by atoms with E-state index in [1.165, 1.54) is 6.07 Å². The van der Waals surface area contributed by atoms with E-state index in [1.54, 1.807) is 6.07 Å². The SMILES string of the molecule is CC(C)(C)CC(C(=O)O)c1cc(=O)c2ccccc2n1-c1ccc2c(c1)CCCO2. The summed E-state index contributed by atoms with van der Waals surface area (Å²) in [6, 6.07) is 14.8. The lowest BCUT2D eigenvalue weighted by molar-refractivity contribution is -0.139. The lowest BCUT2D eigenvalue weighted by Gasteiger charge is -2.27. The van der Waals surface area contributed by atoms with Gasteiger partial charge in [-0.05, 0) is 60.6 Å². The third-order valence-electron chi connectivity index (χ3n) is 5.57. The number of aliphatic carboxylic acids is 1. The lowest BCUT2D eigenvalue weighted by atomic mass is 9.82. The molecule has 5 heteroatoms. The molecule has 5 nitrogen and oxygen atoms in total. The lowest BCUT2D eigenvalue weighted by Crippen LogP contribution is -2.25. The summed E-state index contributed by atoms with van der Waals surface area (Å²) in [7, 11) is 0. The molecule has 30 heavy (non-hydrogen) atoms. The van der Waals surface area contributed by atoms with Gasteiger partial charge in [-0.25, -0.2) is 0 Å². The summed E-state index contributed by atoms with van der Waals surface area (Å²) in [4.78, 5) is 25.2. The Morgan fingerprint density at radius 1 is 1.17 bits per heavy atom. The van der Waals surface area contributed by atoms with Crippen molar-refractivity contribution in [2.24, 2.45) is 5.41 Å². The number of carboxylic acids is 1. The Balaban J connectivity index is 2.01. The molecule has 1 aliphatic rings. The van der Waals surface area contributed by atoms with Crippen LogP contribution >= 0.6 is 0 Å². The Kier molecular flexibility index (Phi) is 5.14. The van der Waals surface area contributed by atoms with Gasteiger partial charge in [0, 0.05) is 22.8 Å². The van der Waals surface area contributed by atoms with Crippen molar-refractivity contribution in [3.05, 3.63) is 70.0 Å². The van der Waals surface area contributed by atoms with Crippen molar-refractivity contribution in [1.82, 2.24) is 4.57 Å². The fourth-order valence-electron chi connectivity index (χ4n) is 4.25. The number of rotatable bonds is 4. The third kappa shape index (κ3) is 3.84. The minimum atomic E-state index is -0.922. The van der Waals surface area contributed by atoms with Crippen LogP contribution in [0.4, 0.5) is 0 Å². The van der Waals surface area contributed by atoms with Crippen LogP contribution in [0, 0.1) is 5.41 Å². The quantitative estimate of drug-likeness (QED) is 0.669. The smallest absolute Gasteiger partial charge is 0.312 e. The molecule has 0 bridgehead atoms. The van der Waals surface area contributed by atoms with Crippen LogP contribution in [0.3, 0.4) is 0 Å². The molecule has 156 valence electrons. The molecule has 1 unspecified atom stereocenters. The molecule has 1 aromatic heterocycles. The number of aromatic nitrogens is 1. The molecule has 1 aliphatic heterocycles. The average Bonchev–Trinajstić information content (AvgIpc) is 2.71. The zero-order valence-electron chi connectivity index (χ0n) is 17.6. The Morgan fingerprint density at radius 2 is 1.93 bits per heavy atom. The van der Waals surface area contributed by atoms with Crippen LogP contribution < -0.4 is 10.2 Å². The first-order chi connectivity index (χ1) is 14.2. The molecule has 2 heterocycles.